The van der Waals surface area contributed by atoms with E-state index in [1.165, 1.54) is 18.4 Å². The van der Waals surface area contributed by atoms with Gasteiger partial charge in [0.05, 0.1) is 4.90 Å². The van der Waals surface area contributed by atoms with Gasteiger partial charge in [-0.25, -0.2) is 13.1 Å². The van der Waals surface area contributed by atoms with Gasteiger partial charge in [0.15, 0.2) is 0 Å². The summed E-state index contributed by atoms with van der Waals surface area (Å²) in [4.78, 5) is 1.35. The van der Waals surface area contributed by atoms with Crippen LogP contribution in [-0.4, -0.2) is 22.5 Å². The average Bonchev–Trinajstić information content (AvgIpc) is 2.54. The minimum atomic E-state index is -3.26. The zero-order valence-corrected chi connectivity index (χ0v) is 9.13. The lowest BCUT2D eigenvalue weighted by Crippen LogP contribution is -2.17. The van der Waals surface area contributed by atoms with Gasteiger partial charge in [0.1, 0.15) is 0 Å². The van der Waals surface area contributed by atoms with Crippen LogP contribution in [0.1, 0.15) is 4.88 Å². The predicted molar refractivity (Wildman–Crippen MR) is 53.3 cm³/mol. The van der Waals surface area contributed by atoms with Crippen LogP contribution in [0.5, 0.6) is 0 Å². The van der Waals surface area contributed by atoms with Crippen LogP contribution in [-0.2, 0) is 16.6 Å². The molecule has 0 aliphatic carbocycles. The number of nitrogens with one attached hydrogen (secondary N) is 2. The molecule has 0 amide bonds. The molecule has 0 spiro atoms. The highest BCUT2D eigenvalue weighted by molar-refractivity contribution is 7.89. The van der Waals surface area contributed by atoms with Crippen LogP contribution < -0.4 is 10.0 Å². The van der Waals surface area contributed by atoms with Gasteiger partial charge < -0.3 is 5.32 Å². The molecule has 0 aliphatic heterocycles. The van der Waals surface area contributed by atoms with Gasteiger partial charge in [-0.15, -0.1) is 11.3 Å². The van der Waals surface area contributed by atoms with Gasteiger partial charge in [-0.05, 0) is 20.2 Å². The fourth-order valence-corrected chi connectivity index (χ4v) is 2.90. The summed E-state index contributed by atoms with van der Waals surface area (Å²) in [5.74, 6) is 0. The van der Waals surface area contributed by atoms with Gasteiger partial charge >= 0.3 is 0 Å². The molecule has 0 radical (unpaired) electrons. The highest BCUT2D eigenvalue weighted by atomic mass is 32.2. The first kappa shape index (κ1) is 10.6. The number of hydrogen-bond acceptors (Lipinski definition) is 4. The molecule has 1 aromatic rings. The van der Waals surface area contributed by atoms with Crippen molar-refractivity contribution in [3.63, 3.8) is 0 Å². The van der Waals surface area contributed by atoms with E-state index in [2.05, 4.69) is 10.0 Å². The fraction of sp³-hybridized carbons (Fsp3) is 0.429. The maximum atomic E-state index is 11.3. The van der Waals surface area contributed by atoms with Crippen LogP contribution in [0.4, 0.5) is 0 Å². The molecule has 2 N–H and O–H groups in total. The monoisotopic (exact) mass is 220 g/mol. The van der Waals surface area contributed by atoms with Crippen molar-refractivity contribution in [1.82, 2.24) is 10.0 Å². The number of hydrogen-bond donors (Lipinski definition) is 2. The molecule has 6 heteroatoms. The SMILES string of the molecule is CNCc1cc(S(=O)(=O)NC)cs1. The van der Waals surface area contributed by atoms with Crippen molar-refractivity contribution in [2.24, 2.45) is 0 Å². The van der Waals surface area contributed by atoms with Crippen LogP contribution in [0.2, 0.25) is 0 Å². The molecule has 0 unspecified atom stereocenters. The third kappa shape index (κ3) is 2.50. The molecule has 0 aliphatic rings. The normalized spacial score (nSPS) is 11.8. The van der Waals surface area contributed by atoms with E-state index in [4.69, 9.17) is 0 Å². The molecule has 0 bridgehead atoms. The lowest BCUT2D eigenvalue weighted by molar-refractivity contribution is 0.588. The highest BCUT2D eigenvalue weighted by Gasteiger charge is 2.12. The van der Waals surface area contributed by atoms with Crippen LogP contribution in [0.25, 0.3) is 0 Å². The Bertz CT molecular complexity index is 370. The zero-order valence-electron chi connectivity index (χ0n) is 7.49. The largest absolute Gasteiger partial charge is 0.315 e. The maximum absolute atomic E-state index is 11.3. The van der Waals surface area contributed by atoms with E-state index in [1.54, 1.807) is 11.4 Å². The molecule has 1 rings (SSSR count). The van der Waals surface area contributed by atoms with Crippen LogP contribution in [0.3, 0.4) is 0 Å². The molecule has 4 nitrogen and oxygen atoms in total. The Morgan fingerprint density at radius 1 is 1.46 bits per heavy atom. The third-order valence-corrected chi connectivity index (χ3v) is 4.04. The maximum Gasteiger partial charge on any atom is 0.241 e. The molecular formula is C7H12N2O2S2. The second-order valence-corrected chi connectivity index (χ2v) is 5.37. The zero-order chi connectivity index (χ0) is 9.90. The lowest BCUT2D eigenvalue weighted by Gasteiger charge is -1.96. The summed E-state index contributed by atoms with van der Waals surface area (Å²) in [6, 6.07) is 1.67. The first-order chi connectivity index (χ1) is 6.10. The fourth-order valence-electron chi connectivity index (χ4n) is 0.886. The summed E-state index contributed by atoms with van der Waals surface area (Å²) in [7, 11) is -0.0302. The van der Waals surface area contributed by atoms with E-state index >= 15 is 0 Å². The number of rotatable bonds is 4. The second-order valence-electron chi connectivity index (χ2n) is 2.49. The second kappa shape index (κ2) is 4.19. The summed E-state index contributed by atoms with van der Waals surface area (Å²) in [5.41, 5.74) is 0. The van der Waals surface area contributed by atoms with E-state index < -0.39 is 10.0 Å². The van der Waals surface area contributed by atoms with Gasteiger partial charge in [0.2, 0.25) is 10.0 Å². The van der Waals surface area contributed by atoms with Gasteiger partial charge in [-0.2, -0.15) is 0 Å². The molecule has 0 saturated heterocycles. The van der Waals surface area contributed by atoms with Gasteiger partial charge in [-0.1, -0.05) is 0 Å². The van der Waals surface area contributed by atoms with Crippen molar-refractivity contribution in [3.8, 4) is 0 Å². The van der Waals surface area contributed by atoms with Crippen molar-refractivity contribution < 1.29 is 8.42 Å². The first-order valence-corrected chi connectivity index (χ1v) is 6.12. The Kier molecular flexibility index (Phi) is 3.43. The third-order valence-electron chi connectivity index (χ3n) is 1.56. The van der Waals surface area contributed by atoms with Crippen LogP contribution in [0, 0.1) is 0 Å². The van der Waals surface area contributed by atoms with Crippen molar-refractivity contribution in [2.45, 2.75) is 11.4 Å². The molecule has 0 fully saturated rings. The van der Waals surface area contributed by atoms with Gasteiger partial charge in [0, 0.05) is 16.8 Å². The Hall–Kier alpha value is -0.430. The summed E-state index contributed by atoms with van der Waals surface area (Å²) in [6.07, 6.45) is 0. The van der Waals surface area contributed by atoms with Gasteiger partial charge in [0.25, 0.3) is 0 Å². The van der Waals surface area contributed by atoms with Crippen molar-refractivity contribution in [2.75, 3.05) is 14.1 Å². The first-order valence-electron chi connectivity index (χ1n) is 3.75. The predicted octanol–water partition coefficient (Wildman–Crippen LogP) is 0.376. The standard InChI is InChI=1S/C7H12N2O2S2/c1-8-4-6-3-7(5-12-6)13(10,11)9-2/h3,5,8-9H,4H2,1-2H3. The lowest BCUT2D eigenvalue weighted by atomic mass is 10.5. The smallest absolute Gasteiger partial charge is 0.241 e. The molecule has 0 saturated carbocycles. The molecule has 0 aromatic carbocycles. The molecule has 0 atom stereocenters. The van der Waals surface area contributed by atoms with Crippen molar-refractivity contribution >= 4 is 21.4 Å². The molecular weight excluding hydrogens is 208 g/mol. The Balaban J connectivity index is 2.92. The summed E-state index contributed by atoms with van der Waals surface area (Å²) in [5, 5.41) is 4.60. The average molecular weight is 220 g/mol. The number of thiophene rings is 1. The van der Waals surface area contributed by atoms with Crippen molar-refractivity contribution in [3.05, 3.63) is 16.3 Å². The van der Waals surface area contributed by atoms with E-state index in [1.807, 2.05) is 7.05 Å². The van der Waals surface area contributed by atoms with Gasteiger partial charge in [-0.3, -0.25) is 0 Å². The van der Waals surface area contributed by atoms with Crippen LogP contribution in [0.15, 0.2) is 16.3 Å². The molecule has 74 valence electrons. The molecule has 1 aromatic heterocycles. The Morgan fingerprint density at radius 2 is 2.15 bits per heavy atom. The summed E-state index contributed by atoms with van der Waals surface area (Å²) in [6.45, 7) is 0.698. The minimum Gasteiger partial charge on any atom is -0.315 e. The van der Waals surface area contributed by atoms with E-state index in [-0.39, 0.29) is 0 Å². The van der Waals surface area contributed by atoms with E-state index in [9.17, 15) is 8.42 Å². The van der Waals surface area contributed by atoms with E-state index in [0.717, 1.165) is 4.88 Å². The Morgan fingerprint density at radius 3 is 2.69 bits per heavy atom. The molecule has 13 heavy (non-hydrogen) atoms. The summed E-state index contributed by atoms with van der Waals surface area (Å²) < 4.78 is 24.9. The van der Waals surface area contributed by atoms with Crippen molar-refractivity contribution in [1.29, 1.82) is 0 Å². The minimum absolute atomic E-state index is 0.338. The molecule has 1 heterocycles. The summed E-state index contributed by atoms with van der Waals surface area (Å²) >= 11 is 1.43. The van der Waals surface area contributed by atoms with Crippen LogP contribution >= 0.6 is 11.3 Å². The van der Waals surface area contributed by atoms with E-state index in [0.29, 0.717) is 11.4 Å². The quantitative estimate of drug-likeness (QED) is 0.771. The Labute approximate surface area is 82.0 Å². The topological polar surface area (TPSA) is 58.2 Å². The highest BCUT2D eigenvalue weighted by Crippen LogP contribution is 2.18. The number of sulfonamides is 1.